The highest BCUT2D eigenvalue weighted by molar-refractivity contribution is 7.91. The molecule has 2 saturated heterocycles. The van der Waals surface area contributed by atoms with Gasteiger partial charge in [0.15, 0.2) is 9.84 Å². The molecule has 3 amide bonds. The molecule has 2 heterocycles. The second-order valence-corrected chi connectivity index (χ2v) is 7.85. The van der Waals surface area contributed by atoms with Gasteiger partial charge < -0.3 is 19.4 Å². The monoisotopic (exact) mass is 333 g/mol. The first-order chi connectivity index (χ1) is 10.3. The van der Waals surface area contributed by atoms with E-state index in [0.717, 1.165) is 0 Å². The largest absolute Gasteiger partial charge is 0.450 e. The first kappa shape index (κ1) is 16.9. The number of carbonyl (C=O) groups is 2. The summed E-state index contributed by atoms with van der Waals surface area (Å²) in [6, 6.07) is -0.425. The molecule has 0 saturated carbocycles. The molecule has 8 nitrogen and oxygen atoms in total. The van der Waals surface area contributed by atoms with E-state index in [4.69, 9.17) is 4.74 Å². The van der Waals surface area contributed by atoms with E-state index >= 15 is 0 Å². The fourth-order valence-electron chi connectivity index (χ4n) is 2.76. The maximum atomic E-state index is 12.4. The van der Waals surface area contributed by atoms with Gasteiger partial charge in [0, 0.05) is 39.3 Å². The molecule has 1 atom stereocenters. The van der Waals surface area contributed by atoms with Crippen LogP contribution in [-0.2, 0) is 14.6 Å². The Hall–Kier alpha value is -1.51. The third-order valence-electron chi connectivity index (χ3n) is 4.13. The van der Waals surface area contributed by atoms with Crippen LogP contribution in [0, 0.1) is 0 Å². The molecule has 0 spiro atoms. The van der Waals surface area contributed by atoms with Gasteiger partial charge in [-0.2, -0.15) is 0 Å². The quantitative estimate of drug-likeness (QED) is 0.710. The van der Waals surface area contributed by atoms with Crippen LogP contribution in [0.3, 0.4) is 0 Å². The van der Waals surface area contributed by atoms with Crippen LogP contribution in [0.4, 0.5) is 9.59 Å². The summed E-state index contributed by atoms with van der Waals surface area (Å²) in [6.45, 7) is 3.81. The van der Waals surface area contributed by atoms with E-state index in [-0.39, 0.29) is 29.7 Å². The summed E-state index contributed by atoms with van der Waals surface area (Å²) in [5.41, 5.74) is 0. The van der Waals surface area contributed by atoms with Gasteiger partial charge in [-0.1, -0.05) is 0 Å². The van der Waals surface area contributed by atoms with E-state index in [0.29, 0.717) is 39.2 Å². The molecule has 2 rings (SSSR count). The number of urea groups is 1. The lowest BCUT2D eigenvalue weighted by Crippen LogP contribution is -2.55. The Kier molecular flexibility index (Phi) is 5.15. The zero-order chi connectivity index (χ0) is 16.3. The Labute approximate surface area is 130 Å². The van der Waals surface area contributed by atoms with Gasteiger partial charge in [-0.15, -0.1) is 0 Å². The molecule has 2 aliphatic heterocycles. The molecule has 0 bridgehead atoms. The van der Waals surface area contributed by atoms with Crippen molar-refractivity contribution in [3.8, 4) is 0 Å². The summed E-state index contributed by atoms with van der Waals surface area (Å²) in [6.07, 6.45) is 0.137. The molecule has 126 valence electrons. The first-order valence-corrected chi connectivity index (χ1v) is 9.30. The number of carbonyl (C=O) groups excluding carboxylic acids is 2. The zero-order valence-corrected chi connectivity index (χ0v) is 13.8. The van der Waals surface area contributed by atoms with Gasteiger partial charge >= 0.3 is 12.1 Å². The number of amides is 3. The maximum absolute atomic E-state index is 12.4. The normalized spacial score (nSPS) is 24.2. The fourth-order valence-corrected chi connectivity index (χ4v) is 4.53. The van der Waals surface area contributed by atoms with Gasteiger partial charge in [-0.25, -0.2) is 18.0 Å². The molecule has 0 aliphatic carbocycles. The first-order valence-electron chi connectivity index (χ1n) is 7.48. The molecule has 0 N–H and O–H groups in total. The molecule has 0 aromatic carbocycles. The summed E-state index contributed by atoms with van der Waals surface area (Å²) >= 11 is 0. The Balaban J connectivity index is 1.86. The van der Waals surface area contributed by atoms with E-state index < -0.39 is 9.84 Å². The standard InChI is InChI=1S/C13H23N3O5S/c1-3-21-13(18)16-7-5-15(6-8-16)12(17)14(2)11-4-9-22(19,20)10-11/h11H,3-10H2,1-2H3. The molecule has 9 heteroatoms. The summed E-state index contributed by atoms with van der Waals surface area (Å²) < 4.78 is 28.0. The predicted octanol–water partition coefficient (Wildman–Crippen LogP) is -0.000600. The van der Waals surface area contributed by atoms with Crippen molar-refractivity contribution in [2.45, 2.75) is 19.4 Å². The molecule has 2 aliphatic rings. The number of hydrogen-bond acceptors (Lipinski definition) is 5. The van der Waals surface area contributed by atoms with E-state index in [2.05, 4.69) is 0 Å². The van der Waals surface area contributed by atoms with E-state index in [1.165, 1.54) is 4.90 Å². The molecule has 0 aromatic heterocycles. The molecule has 22 heavy (non-hydrogen) atoms. The van der Waals surface area contributed by atoms with Crippen LogP contribution in [0.15, 0.2) is 0 Å². The minimum atomic E-state index is -3.01. The average Bonchev–Trinajstić information content (AvgIpc) is 2.86. The van der Waals surface area contributed by atoms with Crippen LogP contribution in [0.1, 0.15) is 13.3 Å². The zero-order valence-electron chi connectivity index (χ0n) is 13.0. The van der Waals surface area contributed by atoms with Crippen LogP contribution in [-0.4, -0.2) is 92.6 Å². The van der Waals surface area contributed by atoms with Crippen molar-refractivity contribution in [2.75, 3.05) is 51.3 Å². The number of hydrogen-bond donors (Lipinski definition) is 0. The third kappa shape index (κ3) is 3.82. The molecular weight excluding hydrogens is 310 g/mol. The number of sulfone groups is 1. The lowest BCUT2D eigenvalue weighted by Gasteiger charge is -2.37. The van der Waals surface area contributed by atoms with Crippen LogP contribution in [0.25, 0.3) is 0 Å². The second-order valence-electron chi connectivity index (χ2n) is 5.62. The van der Waals surface area contributed by atoms with Gasteiger partial charge in [-0.3, -0.25) is 0 Å². The number of rotatable bonds is 2. The van der Waals surface area contributed by atoms with E-state index in [9.17, 15) is 18.0 Å². The van der Waals surface area contributed by atoms with Gasteiger partial charge in [0.2, 0.25) is 0 Å². The van der Waals surface area contributed by atoms with Crippen LogP contribution < -0.4 is 0 Å². The maximum Gasteiger partial charge on any atom is 0.409 e. The average molecular weight is 333 g/mol. The van der Waals surface area contributed by atoms with E-state index in [1.807, 2.05) is 0 Å². The Bertz CT molecular complexity index is 528. The number of piperazine rings is 1. The summed E-state index contributed by atoms with van der Waals surface area (Å²) in [4.78, 5) is 28.8. The Morgan fingerprint density at radius 1 is 1.18 bits per heavy atom. The summed E-state index contributed by atoms with van der Waals surface area (Å²) in [7, 11) is -1.37. The van der Waals surface area contributed by atoms with Crippen molar-refractivity contribution < 1.29 is 22.7 Å². The second kappa shape index (κ2) is 6.72. The SMILES string of the molecule is CCOC(=O)N1CCN(C(=O)N(C)C2CCS(=O)(=O)C2)CC1. The minimum Gasteiger partial charge on any atom is -0.450 e. The third-order valence-corrected chi connectivity index (χ3v) is 5.88. The number of nitrogens with zero attached hydrogens (tertiary/aromatic N) is 3. The van der Waals surface area contributed by atoms with Crippen molar-refractivity contribution >= 4 is 22.0 Å². The lowest BCUT2D eigenvalue weighted by molar-refractivity contribution is 0.0781. The summed E-state index contributed by atoms with van der Waals surface area (Å²) in [5, 5.41) is 0. The van der Waals surface area contributed by atoms with Crippen molar-refractivity contribution in [3.05, 3.63) is 0 Å². The molecule has 0 radical (unpaired) electrons. The van der Waals surface area contributed by atoms with Gasteiger partial charge in [0.25, 0.3) is 0 Å². The van der Waals surface area contributed by atoms with Gasteiger partial charge in [0.1, 0.15) is 0 Å². The molecule has 2 fully saturated rings. The summed E-state index contributed by atoms with van der Waals surface area (Å²) in [5.74, 6) is 0.184. The van der Waals surface area contributed by atoms with Crippen LogP contribution in [0.2, 0.25) is 0 Å². The van der Waals surface area contributed by atoms with Gasteiger partial charge in [-0.05, 0) is 13.3 Å². The highest BCUT2D eigenvalue weighted by atomic mass is 32.2. The van der Waals surface area contributed by atoms with Crippen molar-refractivity contribution in [1.82, 2.24) is 14.7 Å². The number of ether oxygens (including phenoxy) is 1. The van der Waals surface area contributed by atoms with Crippen LogP contribution in [0.5, 0.6) is 0 Å². The fraction of sp³-hybridized carbons (Fsp3) is 0.846. The minimum absolute atomic E-state index is 0.0397. The highest BCUT2D eigenvalue weighted by Gasteiger charge is 2.35. The molecule has 1 unspecified atom stereocenters. The smallest absolute Gasteiger partial charge is 0.409 e. The van der Waals surface area contributed by atoms with Crippen molar-refractivity contribution in [1.29, 1.82) is 0 Å². The van der Waals surface area contributed by atoms with Crippen LogP contribution >= 0.6 is 0 Å². The lowest BCUT2D eigenvalue weighted by atomic mass is 10.2. The van der Waals surface area contributed by atoms with E-state index in [1.54, 1.807) is 23.8 Å². The topological polar surface area (TPSA) is 87.2 Å². The predicted molar refractivity (Wildman–Crippen MR) is 80.4 cm³/mol. The van der Waals surface area contributed by atoms with Crippen molar-refractivity contribution in [2.24, 2.45) is 0 Å². The highest BCUT2D eigenvalue weighted by Crippen LogP contribution is 2.18. The molecular formula is C13H23N3O5S. The molecule has 0 aromatic rings. The van der Waals surface area contributed by atoms with Crippen molar-refractivity contribution in [3.63, 3.8) is 0 Å². The Morgan fingerprint density at radius 2 is 1.77 bits per heavy atom. The Morgan fingerprint density at radius 3 is 2.27 bits per heavy atom. The van der Waals surface area contributed by atoms with Gasteiger partial charge in [0.05, 0.1) is 18.1 Å².